The Kier molecular flexibility index (Phi) is 8.62. The molecule has 2 saturated heterocycles. The van der Waals surface area contributed by atoms with Crippen LogP contribution in [-0.2, 0) is 9.47 Å². The van der Waals surface area contributed by atoms with Crippen molar-refractivity contribution in [2.24, 2.45) is 0 Å². The number of thiazole rings is 1. The fraction of sp³-hybridized carbons (Fsp3) is 0.457. The quantitative estimate of drug-likeness (QED) is 0.212. The van der Waals surface area contributed by atoms with Gasteiger partial charge in [-0.25, -0.2) is 14.6 Å². The van der Waals surface area contributed by atoms with E-state index in [0.29, 0.717) is 24.8 Å². The molecule has 2 fully saturated rings. The molecule has 11 heteroatoms. The predicted octanol–water partition coefficient (Wildman–Crippen LogP) is 8.67. The van der Waals surface area contributed by atoms with Crippen molar-refractivity contribution in [1.82, 2.24) is 24.9 Å². The minimum atomic E-state index is -0.571. The number of carbonyl (C=O) groups is 2. The average Bonchev–Trinajstić information content (AvgIpc) is 3.82. The van der Waals surface area contributed by atoms with E-state index in [1.807, 2.05) is 70.7 Å². The lowest BCUT2D eigenvalue weighted by Crippen LogP contribution is -2.36. The second-order valence-corrected chi connectivity index (χ2v) is 14.7. The summed E-state index contributed by atoms with van der Waals surface area (Å²) in [6, 6.07) is 16.0. The van der Waals surface area contributed by atoms with E-state index in [-0.39, 0.29) is 24.3 Å². The summed E-state index contributed by atoms with van der Waals surface area (Å²) >= 11 is 1.59. The molecule has 2 aromatic carbocycles. The summed E-state index contributed by atoms with van der Waals surface area (Å²) in [5.41, 5.74) is 3.79. The minimum absolute atomic E-state index is 0.0521. The Labute approximate surface area is 273 Å². The number of ether oxygens (including phenoxy) is 2. The predicted molar refractivity (Wildman–Crippen MR) is 176 cm³/mol. The van der Waals surface area contributed by atoms with Crippen LogP contribution in [0.15, 0.2) is 58.4 Å². The molecule has 46 heavy (non-hydrogen) atoms. The van der Waals surface area contributed by atoms with Gasteiger partial charge in [-0.2, -0.15) is 4.98 Å². The lowest BCUT2D eigenvalue weighted by molar-refractivity contribution is 0.0196. The first-order valence-electron chi connectivity index (χ1n) is 15.8. The summed E-state index contributed by atoms with van der Waals surface area (Å²) in [5, 5.41) is 7.20. The van der Waals surface area contributed by atoms with Crippen LogP contribution < -0.4 is 0 Å². The lowest BCUT2D eigenvalue weighted by Gasteiger charge is -2.27. The van der Waals surface area contributed by atoms with Crippen LogP contribution in [0.25, 0.3) is 33.8 Å². The maximum absolute atomic E-state index is 12.8. The standard InChI is InChI=1S/C35H41N5O5S/c1-34(2,3)43-32(41)39-19-7-9-27(39)30-37-29(38-45-30)25-17-13-23(14-18-25)22-11-15-24(16-12-22)26-21-46-31(36-26)28-10-8-20-40(28)33(42)44-35(4,5)6/h11-18,21,27-28H,7-10,19-20H2,1-6H3/t27-,28?/m0/s1. The summed E-state index contributed by atoms with van der Waals surface area (Å²) in [4.78, 5) is 38.5. The van der Waals surface area contributed by atoms with Crippen LogP contribution in [0.4, 0.5) is 9.59 Å². The molecule has 10 nitrogen and oxygen atoms in total. The van der Waals surface area contributed by atoms with Crippen LogP contribution in [0.3, 0.4) is 0 Å². The summed E-state index contributed by atoms with van der Waals surface area (Å²) in [6.45, 7) is 12.5. The molecular formula is C35H41N5O5S. The highest BCUT2D eigenvalue weighted by Crippen LogP contribution is 2.37. The van der Waals surface area contributed by atoms with Crippen LogP contribution in [0, 0.1) is 0 Å². The topological polar surface area (TPSA) is 111 Å². The minimum Gasteiger partial charge on any atom is -0.444 e. The van der Waals surface area contributed by atoms with Crippen LogP contribution in [0.2, 0.25) is 0 Å². The van der Waals surface area contributed by atoms with Gasteiger partial charge in [-0.05, 0) is 78.4 Å². The third kappa shape index (κ3) is 7.09. The van der Waals surface area contributed by atoms with Crippen molar-refractivity contribution in [3.05, 3.63) is 64.8 Å². The summed E-state index contributed by atoms with van der Waals surface area (Å²) in [6.07, 6.45) is 2.79. The van der Waals surface area contributed by atoms with Gasteiger partial charge in [0.25, 0.3) is 0 Å². The number of aromatic nitrogens is 3. The van der Waals surface area contributed by atoms with Crippen molar-refractivity contribution in [3.8, 4) is 33.8 Å². The zero-order chi connectivity index (χ0) is 32.6. The van der Waals surface area contributed by atoms with Crippen molar-refractivity contribution in [2.75, 3.05) is 13.1 Å². The van der Waals surface area contributed by atoms with Crippen LogP contribution in [0.5, 0.6) is 0 Å². The maximum atomic E-state index is 12.8. The lowest BCUT2D eigenvalue weighted by atomic mass is 10.0. The van der Waals surface area contributed by atoms with E-state index in [4.69, 9.17) is 19.0 Å². The summed E-state index contributed by atoms with van der Waals surface area (Å²) < 4.78 is 16.8. The Morgan fingerprint density at radius 1 is 0.739 bits per heavy atom. The smallest absolute Gasteiger partial charge is 0.410 e. The molecule has 0 N–H and O–H groups in total. The first-order valence-corrected chi connectivity index (χ1v) is 16.7. The molecule has 2 atom stereocenters. The highest BCUT2D eigenvalue weighted by Gasteiger charge is 2.37. The molecule has 2 amide bonds. The fourth-order valence-corrected chi connectivity index (χ4v) is 6.81. The van der Waals surface area contributed by atoms with Crippen LogP contribution in [-0.4, -0.2) is 61.4 Å². The molecule has 0 spiro atoms. The Morgan fingerprint density at radius 3 is 1.80 bits per heavy atom. The van der Waals surface area contributed by atoms with Crippen molar-refractivity contribution < 1.29 is 23.6 Å². The SMILES string of the molecule is CC(C)(C)OC(=O)N1CCCC1c1nc(-c2ccc(-c3ccc(-c4noc([C@@H]5CCCN5C(=O)OC(C)(C)C)n4)cc3)cc2)cs1. The summed E-state index contributed by atoms with van der Waals surface area (Å²) in [5.74, 6) is 0.911. The largest absolute Gasteiger partial charge is 0.444 e. The van der Waals surface area contributed by atoms with Gasteiger partial charge in [0.05, 0.1) is 11.7 Å². The molecule has 4 aromatic rings. The molecule has 0 radical (unpaired) electrons. The third-order valence-electron chi connectivity index (χ3n) is 7.95. The Balaban J connectivity index is 1.11. The number of likely N-dealkylation sites (tertiary alicyclic amines) is 2. The second kappa shape index (κ2) is 12.5. The van der Waals surface area contributed by atoms with Gasteiger partial charge >= 0.3 is 12.2 Å². The van der Waals surface area contributed by atoms with E-state index in [0.717, 1.165) is 58.6 Å². The highest BCUT2D eigenvalue weighted by atomic mass is 32.1. The van der Waals surface area contributed by atoms with Gasteiger partial charge in [-0.1, -0.05) is 53.7 Å². The molecule has 2 aliphatic heterocycles. The molecular weight excluding hydrogens is 602 g/mol. The van der Waals surface area contributed by atoms with Gasteiger partial charge in [0.2, 0.25) is 11.7 Å². The van der Waals surface area contributed by atoms with Gasteiger partial charge in [-0.3, -0.25) is 9.80 Å². The van der Waals surface area contributed by atoms with Crippen LogP contribution >= 0.6 is 11.3 Å². The van der Waals surface area contributed by atoms with Gasteiger partial charge < -0.3 is 14.0 Å². The molecule has 2 aliphatic rings. The second-order valence-electron chi connectivity index (χ2n) is 13.8. The fourth-order valence-electron chi connectivity index (χ4n) is 5.83. The van der Waals surface area contributed by atoms with Gasteiger partial charge in [0.1, 0.15) is 22.3 Å². The van der Waals surface area contributed by atoms with Crippen molar-refractivity contribution in [3.63, 3.8) is 0 Å². The van der Waals surface area contributed by atoms with Crippen molar-refractivity contribution in [1.29, 1.82) is 0 Å². The average molecular weight is 644 g/mol. The van der Waals surface area contributed by atoms with E-state index < -0.39 is 11.2 Å². The molecule has 1 unspecified atom stereocenters. The van der Waals surface area contributed by atoms with Crippen molar-refractivity contribution in [2.45, 2.75) is 90.5 Å². The van der Waals surface area contributed by atoms with E-state index in [1.54, 1.807) is 16.2 Å². The molecule has 242 valence electrons. The van der Waals surface area contributed by atoms with Gasteiger partial charge in [0, 0.05) is 29.6 Å². The van der Waals surface area contributed by atoms with Crippen LogP contribution in [0.1, 0.15) is 90.2 Å². The number of carbonyl (C=O) groups excluding carboxylic acids is 2. The molecule has 6 rings (SSSR count). The Morgan fingerprint density at radius 2 is 1.24 bits per heavy atom. The first-order chi connectivity index (χ1) is 21.8. The maximum Gasteiger partial charge on any atom is 0.410 e. The third-order valence-corrected chi connectivity index (χ3v) is 8.90. The van der Waals surface area contributed by atoms with Gasteiger partial charge in [0.15, 0.2) is 0 Å². The van der Waals surface area contributed by atoms with E-state index in [2.05, 4.69) is 39.8 Å². The molecule has 2 aromatic heterocycles. The first kappa shape index (κ1) is 31.7. The molecule has 4 heterocycles. The summed E-state index contributed by atoms with van der Waals surface area (Å²) in [7, 11) is 0. The number of benzene rings is 2. The van der Waals surface area contributed by atoms with Crippen molar-refractivity contribution >= 4 is 23.5 Å². The zero-order valence-corrected chi connectivity index (χ0v) is 28.1. The van der Waals surface area contributed by atoms with E-state index in [9.17, 15) is 9.59 Å². The highest BCUT2D eigenvalue weighted by molar-refractivity contribution is 7.10. The van der Waals surface area contributed by atoms with E-state index >= 15 is 0 Å². The number of amides is 2. The Hall–Kier alpha value is -4.25. The number of rotatable bonds is 5. The Bertz CT molecular complexity index is 1560. The number of hydrogen-bond acceptors (Lipinski definition) is 9. The van der Waals surface area contributed by atoms with E-state index in [1.165, 1.54) is 0 Å². The van der Waals surface area contributed by atoms with Gasteiger partial charge in [-0.15, -0.1) is 11.3 Å². The zero-order valence-electron chi connectivity index (χ0n) is 27.3. The number of nitrogens with zero attached hydrogens (tertiary/aromatic N) is 5. The monoisotopic (exact) mass is 643 g/mol. The number of hydrogen-bond donors (Lipinski definition) is 0. The molecule has 0 bridgehead atoms. The normalized spacial score (nSPS) is 18.7. The molecule has 0 saturated carbocycles. The molecule has 0 aliphatic carbocycles.